The van der Waals surface area contributed by atoms with Crippen molar-refractivity contribution in [2.75, 3.05) is 7.11 Å². The zero-order valence-corrected chi connectivity index (χ0v) is 7.73. The van der Waals surface area contributed by atoms with Crippen LogP contribution >= 0.6 is 0 Å². The number of methoxy groups -OCH3 is 1. The number of carbonyl (C=O) groups is 1. The third-order valence-electron chi connectivity index (χ3n) is 1.86. The Bertz CT molecular complexity index is 382. The summed E-state index contributed by atoms with van der Waals surface area (Å²) in [7, 11) is 1.48. The monoisotopic (exact) mass is 190 g/mol. The molecule has 2 N–H and O–H groups in total. The number of hydrogen-bond acceptors (Lipinski definition) is 3. The Kier molecular flexibility index (Phi) is 3.08. The van der Waals surface area contributed by atoms with E-state index in [1.807, 2.05) is 6.07 Å². The van der Waals surface area contributed by atoms with Gasteiger partial charge in [0.05, 0.1) is 13.2 Å². The predicted molar refractivity (Wildman–Crippen MR) is 50.5 cm³/mol. The van der Waals surface area contributed by atoms with Crippen molar-refractivity contribution in [2.45, 2.75) is 5.92 Å². The second-order valence-electron chi connectivity index (χ2n) is 2.71. The summed E-state index contributed by atoms with van der Waals surface area (Å²) in [5.41, 5.74) is 5.59. The lowest BCUT2D eigenvalue weighted by atomic mass is 9.99. The molecule has 0 aliphatic carbocycles. The molecule has 0 fully saturated rings. The minimum absolute atomic E-state index is 0.498. The van der Waals surface area contributed by atoms with Crippen LogP contribution in [0.5, 0.6) is 5.75 Å². The van der Waals surface area contributed by atoms with Crippen molar-refractivity contribution in [3.63, 3.8) is 0 Å². The molecule has 0 saturated carbocycles. The molecule has 0 aliphatic heterocycles. The van der Waals surface area contributed by atoms with Crippen LogP contribution < -0.4 is 10.5 Å². The van der Waals surface area contributed by atoms with Crippen LogP contribution in [-0.4, -0.2) is 13.0 Å². The number of para-hydroxylation sites is 1. The van der Waals surface area contributed by atoms with Gasteiger partial charge < -0.3 is 10.5 Å². The van der Waals surface area contributed by atoms with Crippen LogP contribution in [0.1, 0.15) is 11.5 Å². The van der Waals surface area contributed by atoms with Gasteiger partial charge in [-0.1, -0.05) is 18.2 Å². The first-order valence-corrected chi connectivity index (χ1v) is 4.02. The maximum absolute atomic E-state index is 10.9. The summed E-state index contributed by atoms with van der Waals surface area (Å²) in [5.74, 6) is -1.12. The molecule has 0 heterocycles. The summed E-state index contributed by atoms with van der Waals surface area (Å²) in [6, 6.07) is 8.66. The van der Waals surface area contributed by atoms with Gasteiger partial charge in [-0.2, -0.15) is 5.26 Å². The topological polar surface area (TPSA) is 76.1 Å². The maximum atomic E-state index is 10.9. The number of carbonyl (C=O) groups excluding carboxylic acids is 1. The van der Waals surface area contributed by atoms with Gasteiger partial charge >= 0.3 is 0 Å². The second kappa shape index (κ2) is 4.28. The number of nitrogens with two attached hydrogens (primary N) is 1. The SMILES string of the molecule is COc1ccccc1C(C#N)C(N)=O. The number of benzene rings is 1. The van der Waals surface area contributed by atoms with Gasteiger partial charge in [0.1, 0.15) is 5.75 Å². The summed E-state index contributed by atoms with van der Waals surface area (Å²) in [5, 5.41) is 8.76. The van der Waals surface area contributed by atoms with E-state index in [1.165, 1.54) is 7.11 Å². The summed E-state index contributed by atoms with van der Waals surface area (Å²) in [6.45, 7) is 0. The minimum Gasteiger partial charge on any atom is -0.496 e. The molecule has 1 amide bonds. The van der Waals surface area contributed by atoms with Gasteiger partial charge in [-0.15, -0.1) is 0 Å². The first-order valence-electron chi connectivity index (χ1n) is 4.02. The van der Waals surface area contributed by atoms with Gasteiger partial charge in [0.25, 0.3) is 0 Å². The highest BCUT2D eigenvalue weighted by Crippen LogP contribution is 2.25. The number of primary amides is 1. The highest BCUT2D eigenvalue weighted by atomic mass is 16.5. The van der Waals surface area contributed by atoms with Crippen LogP contribution in [0.2, 0.25) is 0 Å². The Hall–Kier alpha value is -2.02. The largest absolute Gasteiger partial charge is 0.496 e. The van der Waals surface area contributed by atoms with E-state index in [2.05, 4.69) is 0 Å². The van der Waals surface area contributed by atoms with E-state index in [-0.39, 0.29) is 0 Å². The number of hydrogen-bond donors (Lipinski definition) is 1. The molecule has 1 unspecified atom stereocenters. The lowest BCUT2D eigenvalue weighted by molar-refractivity contribution is -0.118. The molecule has 1 atom stereocenters. The third kappa shape index (κ3) is 1.83. The maximum Gasteiger partial charge on any atom is 0.239 e. The van der Waals surface area contributed by atoms with Crippen LogP contribution in [0.4, 0.5) is 0 Å². The first kappa shape index (κ1) is 10.1. The Morgan fingerprint density at radius 1 is 1.57 bits per heavy atom. The van der Waals surface area contributed by atoms with Gasteiger partial charge in [0.15, 0.2) is 5.92 Å². The Labute approximate surface area is 81.9 Å². The van der Waals surface area contributed by atoms with Crippen molar-refractivity contribution in [3.8, 4) is 11.8 Å². The van der Waals surface area contributed by atoms with E-state index in [9.17, 15) is 4.79 Å². The van der Waals surface area contributed by atoms with Gasteiger partial charge in [0.2, 0.25) is 5.91 Å². The smallest absolute Gasteiger partial charge is 0.239 e. The zero-order chi connectivity index (χ0) is 10.6. The highest BCUT2D eigenvalue weighted by Gasteiger charge is 2.20. The normalized spacial score (nSPS) is 11.4. The lowest BCUT2D eigenvalue weighted by Gasteiger charge is -2.09. The van der Waals surface area contributed by atoms with Gasteiger partial charge in [-0.05, 0) is 6.07 Å². The van der Waals surface area contributed by atoms with Crippen molar-refractivity contribution in [1.82, 2.24) is 0 Å². The molecule has 1 aromatic rings. The van der Waals surface area contributed by atoms with Crippen LogP contribution in [0.3, 0.4) is 0 Å². The molecule has 0 radical (unpaired) electrons. The predicted octanol–water partition coefficient (Wildman–Crippen LogP) is 0.788. The van der Waals surface area contributed by atoms with Crippen LogP contribution in [-0.2, 0) is 4.79 Å². The molecule has 4 nitrogen and oxygen atoms in total. The van der Waals surface area contributed by atoms with E-state index in [0.29, 0.717) is 11.3 Å². The number of nitrogens with zero attached hydrogens (tertiary/aromatic N) is 1. The fourth-order valence-electron chi connectivity index (χ4n) is 1.19. The summed E-state index contributed by atoms with van der Waals surface area (Å²) in [4.78, 5) is 10.9. The standard InChI is InChI=1S/C10H10N2O2/c1-14-9-5-3-2-4-7(9)8(6-11)10(12)13/h2-5,8H,1H3,(H2,12,13). The quantitative estimate of drug-likeness (QED) is 0.765. The first-order chi connectivity index (χ1) is 6.70. The van der Waals surface area contributed by atoms with E-state index in [4.69, 9.17) is 15.7 Å². The fourth-order valence-corrected chi connectivity index (χ4v) is 1.19. The van der Waals surface area contributed by atoms with Crippen LogP contribution in [0.25, 0.3) is 0 Å². The number of ether oxygens (including phenoxy) is 1. The molecular formula is C10H10N2O2. The number of amides is 1. The van der Waals surface area contributed by atoms with Crippen molar-refractivity contribution in [1.29, 1.82) is 5.26 Å². The molecule has 0 saturated heterocycles. The summed E-state index contributed by atoms with van der Waals surface area (Å²) >= 11 is 0. The molecule has 0 bridgehead atoms. The number of nitriles is 1. The van der Waals surface area contributed by atoms with Crippen molar-refractivity contribution >= 4 is 5.91 Å². The molecule has 1 rings (SSSR count). The molecule has 0 aliphatic rings. The number of rotatable bonds is 3. The van der Waals surface area contributed by atoms with Crippen molar-refractivity contribution in [2.24, 2.45) is 5.73 Å². The Morgan fingerprint density at radius 2 is 2.21 bits per heavy atom. The minimum atomic E-state index is -0.953. The lowest BCUT2D eigenvalue weighted by Crippen LogP contribution is -2.20. The highest BCUT2D eigenvalue weighted by molar-refractivity contribution is 5.85. The molecule has 0 aromatic heterocycles. The second-order valence-corrected chi connectivity index (χ2v) is 2.71. The van der Waals surface area contributed by atoms with E-state index in [0.717, 1.165) is 0 Å². The molecule has 1 aromatic carbocycles. The van der Waals surface area contributed by atoms with Gasteiger partial charge in [0, 0.05) is 5.56 Å². The average Bonchev–Trinajstić information content (AvgIpc) is 2.19. The molecule has 4 heteroatoms. The fraction of sp³-hybridized carbons (Fsp3) is 0.200. The molecule has 0 spiro atoms. The summed E-state index contributed by atoms with van der Waals surface area (Å²) in [6.07, 6.45) is 0. The molecule has 72 valence electrons. The van der Waals surface area contributed by atoms with E-state index >= 15 is 0 Å². The van der Waals surface area contributed by atoms with Gasteiger partial charge in [-0.25, -0.2) is 0 Å². The molecular weight excluding hydrogens is 180 g/mol. The molecule has 14 heavy (non-hydrogen) atoms. The van der Waals surface area contributed by atoms with E-state index < -0.39 is 11.8 Å². The third-order valence-corrected chi connectivity index (χ3v) is 1.86. The Morgan fingerprint density at radius 3 is 2.71 bits per heavy atom. The Balaban J connectivity index is 3.17. The van der Waals surface area contributed by atoms with Crippen molar-refractivity contribution in [3.05, 3.63) is 29.8 Å². The van der Waals surface area contributed by atoms with Crippen LogP contribution in [0.15, 0.2) is 24.3 Å². The zero-order valence-electron chi connectivity index (χ0n) is 7.73. The van der Waals surface area contributed by atoms with Crippen molar-refractivity contribution < 1.29 is 9.53 Å². The van der Waals surface area contributed by atoms with Crippen LogP contribution in [0, 0.1) is 11.3 Å². The van der Waals surface area contributed by atoms with E-state index in [1.54, 1.807) is 24.3 Å². The summed E-state index contributed by atoms with van der Waals surface area (Å²) < 4.78 is 5.02. The van der Waals surface area contributed by atoms with Gasteiger partial charge in [-0.3, -0.25) is 4.79 Å². The average molecular weight is 190 g/mol.